The van der Waals surface area contributed by atoms with E-state index in [2.05, 4.69) is 28.6 Å². The van der Waals surface area contributed by atoms with Crippen LogP contribution < -0.4 is 4.74 Å². The molecule has 1 saturated heterocycles. The summed E-state index contributed by atoms with van der Waals surface area (Å²) in [6, 6.07) is 7.61. The minimum Gasteiger partial charge on any atom is -0.497 e. The quantitative estimate of drug-likeness (QED) is 0.423. The predicted octanol–water partition coefficient (Wildman–Crippen LogP) is 1.70. The molecule has 0 saturated carbocycles. The highest BCUT2D eigenvalue weighted by Crippen LogP contribution is 2.24. The van der Waals surface area contributed by atoms with Gasteiger partial charge in [0, 0.05) is 18.7 Å². The Labute approximate surface area is 148 Å². The first kappa shape index (κ1) is 19.2. The monoisotopic (exact) mass is 350 g/mol. The lowest BCUT2D eigenvalue weighted by Crippen LogP contribution is -2.54. The van der Waals surface area contributed by atoms with Crippen molar-refractivity contribution in [3.63, 3.8) is 0 Å². The number of carbonyl (C=O) groups excluding carboxylic acids is 1. The molecular formula is C18H26N2O5. The molecular weight excluding hydrogens is 324 g/mol. The lowest BCUT2D eigenvalue weighted by Gasteiger charge is -2.41. The first-order chi connectivity index (χ1) is 12.0. The second-order valence-electron chi connectivity index (χ2n) is 6.18. The summed E-state index contributed by atoms with van der Waals surface area (Å²) >= 11 is 0. The van der Waals surface area contributed by atoms with Gasteiger partial charge in [0.1, 0.15) is 11.5 Å². The van der Waals surface area contributed by atoms with Gasteiger partial charge in [0.15, 0.2) is 0 Å². The maximum atomic E-state index is 11.3. The van der Waals surface area contributed by atoms with E-state index in [0.717, 1.165) is 30.1 Å². The van der Waals surface area contributed by atoms with Crippen LogP contribution in [-0.4, -0.2) is 69.2 Å². The number of morpholine rings is 1. The van der Waals surface area contributed by atoms with Crippen LogP contribution in [0.5, 0.6) is 5.75 Å². The molecule has 1 heterocycles. The number of nitrogens with zero attached hydrogens (tertiary/aromatic N) is 2. The van der Waals surface area contributed by atoms with Crippen LogP contribution in [0.2, 0.25) is 0 Å². The van der Waals surface area contributed by atoms with E-state index in [1.807, 2.05) is 24.3 Å². The second kappa shape index (κ2) is 8.82. The van der Waals surface area contributed by atoms with Gasteiger partial charge in [0.05, 0.1) is 33.0 Å². The standard InChI is InChI=1S/C18H26N2O5/c1-18(2,20-9-11-24-12-10-20)17(19-25-13-16(21)23-4)14-5-7-15(22-3)8-6-14/h5-8H,9-13H2,1-4H3. The molecule has 0 amide bonds. The van der Waals surface area contributed by atoms with Crippen LogP contribution in [0.3, 0.4) is 0 Å². The number of rotatable bonds is 7. The molecule has 138 valence electrons. The van der Waals surface area contributed by atoms with Crippen LogP contribution in [0, 0.1) is 0 Å². The zero-order valence-electron chi connectivity index (χ0n) is 15.3. The van der Waals surface area contributed by atoms with Crippen molar-refractivity contribution in [2.45, 2.75) is 19.4 Å². The number of carbonyl (C=O) groups is 1. The molecule has 0 aliphatic carbocycles. The highest BCUT2D eigenvalue weighted by Gasteiger charge is 2.35. The topological polar surface area (TPSA) is 69.6 Å². The van der Waals surface area contributed by atoms with Gasteiger partial charge in [-0.3, -0.25) is 4.90 Å². The molecule has 0 spiro atoms. The Bertz CT molecular complexity index is 592. The Morgan fingerprint density at radius 2 is 1.84 bits per heavy atom. The van der Waals surface area contributed by atoms with Crippen molar-refractivity contribution in [1.82, 2.24) is 4.90 Å². The molecule has 1 fully saturated rings. The minimum atomic E-state index is -0.470. The van der Waals surface area contributed by atoms with Crippen LogP contribution in [0.25, 0.3) is 0 Å². The third-order valence-electron chi connectivity index (χ3n) is 4.31. The maximum absolute atomic E-state index is 11.3. The van der Waals surface area contributed by atoms with E-state index in [9.17, 15) is 4.79 Å². The van der Waals surface area contributed by atoms with E-state index in [-0.39, 0.29) is 6.61 Å². The summed E-state index contributed by atoms with van der Waals surface area (Å²) in [5, 5.41) is 4.28. The Morgan fingerprint density at radius 1 is 1.20 bits per heavy atom. The van der Waals surface area contributed by atoms with Crippen molar-refractivity contribution in [2.24, 2.45) is 5.16 Å². The highest BCUT2D eigenvalue weighted by atomic mass is 16.6. The van der Waals surface area contributed by atoms with Gasteiger partial charge >= 0.3 is 5.97 Å². The van der Waals surface area contributed by atoms with Gasteiger partial charge in [0.25, 0.3) is 0 Å². The van der Waals surface area contributed by atoms with Crippen molar-refractivity contribution in [3.05, 3.63) is 29.8 Å². The zero-order chi connectivity index (χ0) is 18.3. The van der Waals surface area contributed by atoms with Crippen LogP contribution in [0.15, 0.2) is 29.4 Å². The lowest BCUT2D eigenvalue weighted by molar-refractivity contribution is -0.145. The number of methoxy groups -OCH3 is 2. The molecule has 1 aromatic carbocycles. The largest absolute Gasteiger partial charge is 0.497 e. The predicted molar refractivity (Wildman–Crippen MR) is 94.0 cm³/mol. The van der Waals surface area contributed by atoms with E-state index in [4.69, 9.17) is 14.3 Å². The smallest absolute Gasteiger partial charge is 0.346 e. The average Bonchev–Trinajstić information content (AvgIpc) is 2.65. The van der Waals surface area contributed by atoms with Crippen LogP contribution in [-0.2, 0) is 19.1 Å². The molecule has 25 heavy (non-hydrogen) atoms. The molecule has 0 radical (unpaired) electrons. The second-order valence-corrected chi connectivity index (χ2v) is 6.18. The lowest BCUT2D eigenvalue weighted by atomic mass is 9.90. The van der Waals surface area contributed by atoms with Crippen molar-refractivity contribution in [1.29, 1.82) is 0 Å². The summed E-state index contributed by atoms with van der Waals surface area (Å²) < 4.78 is 15.3. The third kappa shape index (κ3) is 4.93. The fourth-order valence-corrected chi connectivity index (χ4v) is 2.75. The zero-order valence-corrected chi connectivity index (χ0v) is 15.3. The SMILES string of the molecule is COC(=O)CON=C(c1ccc(OC)cc1)C(C)(C)N1CCOCC1. The summed E-state index contributed by atoms with van der Waals surface area (Å²) in [4.78, 5) is 18.9. The molecule has 1 aromatic rings. The van der Waals surface area contributed by atoms with Crippen molar-refractivity contribution >= 4 is 11.7 Å². The van der Waals surface area contributed by atoms with E-state index >= 15 is 0 Å². The molecule has 0 aromatic heterocycles. The molecule has 0 unspecified atom stereocenters. The summed E-state index contributed by atoms with van der Waals surface area (Å²) in [7, 11) is 2.94. The van der Waals surface area contributed by atoms with E-state index in [1.165, 1.54) is 7.11 Å². The fraction of sp³-hybridized carbons (Fsp3) is 0.556. The Balaban J connectivity index is 2.29. The highest BCUT2D eigenvalue weighted by molar-refractivity contribution is 6.06. The van der Waals surface area contributed by atoms with E-state index in [0.29, 0.717) is 13.2 Å². The number of esters is 1. The molecule has 0 N–H and O–H groups in total. The molecule has 0 atom stereocenters. The number of hydrogen-bond donors (Lipinski definition) is 0. The number of benzene rings is 1. The van der Waals surface area contributed by atoms with E-state index in [1.54, 1.807) is 7.11 Å². The minimum absolute atomic E-state index is 0.227. The average molecular weight is 350 g/mol. The van der Waals surface area contributed by atoms with Gasteiger partial charge in [-0.05, 0) is 38.1 Å². The van der Waals surface area contributed by atoms with Gasteiger partial charge in [-0.15, -0.1) is 0 Å². The maximum Gasteiger partial charge on any atom is 0.346 e. The van der Waals surface area contributed by atoms with Gasteiger partial charge in [-0.25, -0.2) is 4.79 Å². The number of ether oxygens (including phenoxy) is 3. The van der Waals surface area contributed by atoms with Crippen LogP contribution in [0.4, 0.5) is 0 Å². The number of oxime groups is 1. The van der Waals surface area contributed by atoms with Crippen molar-refractivity contribution in [3.8, 4) is 5.75 Å². The molecule has 1 aliphatic rings. The van der Waals surface area contributed by atoms with Crippen LogP contribution >= 0.6 is 0 Å². The van der Waals surface area contributed by atoms with Gasteiger partial charge in [-0.2, -0.15) is 0 Å². The van der Waals surface area contributed by atoms with Gasteiger partial charge in [0.2, 0.25) is 6.61 Å². The summed E-state index contributed by atoms with van der Waals surface area (Å²) in [5.41, 5.74) is 1.25. The van der Waals surface area contributed by atoms with Crippen LogP contribution in [0.1, 0.15) is 19.4 Å². The normalized spacial score (nSPS) is 16.4. The summed E-state index contributed by atoms with van der Waals surface area (Å²) in [6.07, 6.45) is 0. The fourth-order valence-electron chi connectivity index (χ4n) is 2.75. The molecule has 2 rings (SSSR count). The Morgan fingerprint density at radius 3 is 2.40 bits per heavy atom. The van der Waals surface area contributed by atoms with Gasteiger partial charge in [-0.1, -0.05) is 5.16 Å². The van der Waals surface area contributed by atoms with Crippen molar-refractivity contribution < 1.29 is 23.8 Å². The Hall–Kier alpha value is -2.12. The summed E-state index contributed by atoms with van der Waals surface area (Å²) in [5.74, 6) is 0.296. The molecule has 7 nitrogen and oxygen atoms in total. The molecule has 7 heteroatoms. The molecule has 1 aliphatic heterocycles. The Kier molecular flexibility index (Phi) is 6.78. The third-order valence-corrected chi connectivity index (χ3v) is 4.31. The van der Waals surface area contributed by atoms with Gasteiger partial charge < -0.3 is 19.0 Å². The first-order valence-corrected chi connectivity index (χ1v) is 8.23. The molecule has 0 bridgehead atoms. The summed E-state index contributed by atoms with van der Waals surface area (Å²) in [6.45, 7) is 6.92. The first-order valence-electron chi connectivity index (χ1n) is 8.23. The van der Waals surface area contributed by atoms with E-state index < -0.39 is 11.5 Å². The number of hydrogen-bond acceptors (Lipinski definition) is 7. The van der Waals surface area contributed by atoms with Crippen molar-refractivity contribution in [2.75, 3.05) is 47.1 Å².